The van der Waals surface area contributed by atoms with Gasteiger partial charge in [0, 0.05) is 19.3 Å². The van der Waals surface area contributed by atoms with Gasteiger partial charge in [-0.1, -0.05) is 0 Å². The Kier molecular flexibility index (Phi) is 9.60. The molecule has 0 aromatic carbocycles. The molecule has 0 spiro atoms. The van der Waals surface area contributed by atoms with Gasteiger partial charge < -0.3 is 15.2 Å². The number of thioether (sulfide) groups is 1. The first-order valence-electron chi connectivity index (χ1n) is 5.55. The number of likely N-dealkylation sites (N-methyl/N-ethyl adjacent to an activating group) is 1. The Morgan fingerprint density at radius 2 is 2.00 bits per heavy atom. The summed E-state index contributed by atoms with van der Waals surface area (Å²) >= 11 is 1.97. The summed E-state index contributed by atoms with van der Waals surface area (Å²) in [5.41, 5.74) is -0.104. The topological polar surface area (TPSA) is 41.5 Å². The fourth-order valence-corrected chi connectivity index (χ4v) is 2.13. The van der Waals surface area contributed by atoms with E-state index in [1.807, 2.05) is 18.8 Å². The maximum Gasteiger partial charge on any atom is 0.0610 e. The molecule has 4 heteroatoms. The summed E-state index contributed by atoms with van der Waals surface area (Å²) in [6.45, 7) is 3.12. The fraction of sp³-hybridized carbons (Fsp3) is 1.00. The van der Waals surface area contributed by atoms with Crippen LogP contribution in [-0.4, -0.2) is 49.5 Å². The van der Waals surface area contributed by atoms with Crippen LogP contribution in [0.5, 0.6) is 0 Å². The van der Waals surface area contributed by atoms with Crippen molar-refractivity contribution in [2.45, 2.75) is 31.7 Å². The highest BCUT2D eigenvalue weighted by atomic mass is 32.2. The van der Waals surface area contributed by atoms with Gasteiger partial charge in [0.15, 0.2) is 0 Å². The van der Waals surface area contributed by atoms with Crippen LogP contribution >= 0.6 is 11.8 Å². The van der Waals surface area contributed by atoms with E-state index in [4.69, 9.17) is 4.74 Å². The van der Waals surface area contributed by atoms with Gasteiger partial charge in [0.1, 0.15) is 0 Å². The van der Waals surface area contributed by atoms with Crippen LogP contribution in [0.4, 0.5) is 0 Å². The maximum atomic E-state index is 9.17. The van der Waals surface area contributed by atoms with Crippen LogP contribution in [0.2, 0.25) is 0 Å². The minimum Gasteiger partial charge on any atom is -0.394 e. The molecular weight excluding hydrogens is 210 g/mol. The van der Waals surface area contributed by atoms with Crippen LogP contribution in [-0.2, 0) is 4.74 Å². The van der Waals surface area contributed by atoms with Crippen molar-refractivity contribution in [3.05, 3.63) is 0 Å². The molecule has 1 unspecified atom stereocenters. The van der Waals surface area contributed by atoms with Crippen LogP contribution in [0.15, 0.2) is 0 Å². The predicted octanol–water partition coefficient (Wildman–Crippen LogP) is 1.51. The van der Waals surface area contributed by atoms with Crippen molar-refractivity contribution in [2.24, 2.45) is 0 Å². The molecule has 2 N–H and O–H groups in total. The van der Waals surface area contributed by atoms with Gasteiger partial charge in [-0.15, -0.1) is 0 Å². The van der Waals surface area contributed by atoms with Crippen LogP contribution in [0, 0.1) is 0 Å². The van der Waals surface area contributed by atoms with Crippen molar-refractivity contribution in [3.63, 3.8) is 0 Å². The zero-order valence-electron chi connectivity index (χ0n) is 10.2. The van der Waals surface area contributed by atoms with Crippen LogP contribution < -0.4 is 5.32 Å². The number of aliphatic hydroxyl groups is 1. The number of ether oxygens (including phenoxy) is 1. The molecule has 0 fully saturated rings. The normalized spacial score (nSPS) is 15.2. The molecule has 0 bridgehead atoms. The number of methoxy groups -OCH3 is 1. The first-order chi connectivity index (χ1) is 7.18. The van der Waals surface area contributed by atoms with Gasteiger partial charge in [0.2, 0.25) is 0 Å². The Hall–Kier alpha value is 0.230. The molecule has 0 heterocycles. The lowest BCUT2D eigenvalue weighted by Gasteiger charge is -2.26. The molecule has 0 aromatic rings. The van der Waals surface area contributed by atoms with Gasteiger partial charge in [-0.05, 0) is 44.7 Å². The summed E-state index contributed by atoms with van der Waals surface area (Å²) in [4.78, 5) is 0. The first-order valence-corrected chi connectivity index (χ1v) is 6.70. The summed E-state index contributed by atoms with van der Waals surface area (Å²) in [6, 6.07) is 0. The molecule has 0 radical (unpaired) electrons. The minimum atomic E-state index is -0.104. The molecule has 0 aliphatic heterocycles. The van der Waals surface area contributed by atoms with E-state index in [9.17, 15) is 5.11 Å². The zero-order valence-corrected chi connectivity index (χ0v) is 11.0. The van der Waals surface area contributed by atoms with Crippen LogP contribution in [0.25, 0.3) is 0 Å². The largest absolute Gasteiger partial charge is 0.394 e. The van der Waals surface area contributed by atoms with E-state index in [1.165, 1.54) is 11.5 Å². The predicted molar refractivity (Wildman–Crippen MR) is 67.6 cm³/mol. The van der Waals surface area contributed by atoms with Gasteiger partial charge in [0.25, 0.3) is 0 Å². The van der Waals surface area contributed by atoms with E-state index in [0.29, 0.717) is 0 Å². The van der Waals surface area contributed by atoms with Crippen molar-refractivity contribution < 1.29 is 9.84 Å². The molecule has 0 saturated carbocycles. The average molecular weight is 235 g/mol. The number of hydrogen-bond donors (Lipinski definition) is 2. The molecule has 92 valence electrons. The number of rotatable bonds is 10. The molecule has 0 amide bonds. The van der Waals surface area contributed by atoms with E-state index in [0.717, 1.165) is 25.9 Å². The second-order valence-corrected chi connectivity index (χ2v) is 5.26. The van der Waals surface area contributed by atoms with E-state index >= 15 is 0 Å². The molecule has 0 aliphatic rings. The lowest BCUT2D eigenvalue weighted by molar-refractivity contribution is 0.173. The molecule has 0 rings (SSSR count). The Balaban J connectivity index is 3.29. The second kappa shape index (κ2) is 9.46. The zero-order chi connectivity index (χ0) is 11.6. The smallest absolute Gasteiger partial charge is 0.0610 e. The van der Waals surface area contributed by atoms with Crippen molar-refractivity contribution in [2.75, 3.05) is 38.9 Å². The fourth-order valence-electron chi connectivity index (χ4n) is 1.25. The highest BCUT2D eigenvalue weighted by Gasteiger charge is 2.19. The highest BCUT2D eigenvalue weighted by Crippen LogP contribution is 2.14. The van der Waals surface area contributed by atoms with Gasteiger partial charge in [-0.2, -0.15) is 11.8 Å². The van der Waals surface area contributed by atoms with E-state index in [1.54, 1.807) is 7.11 Å². The Bertz CT molecular complexity index is 141. The van der Waals surface area contributed by atoms with Crippen molar-refractivity contribution in [1.82, 2.24) is 5.32 Å². The summed E-state index contributed by atoms with van der Waals surface area (Å²) in [5.74, 6) is 2.34. The average Bonchev–Trinajstić information content (AvgIpc) is 2.27. The lowest BCUT2D eigenvalue weighted by atomic mass is 9.98. The summed E-state index contributed by atoms with van der Waals surface area (Å²) in [5, 5.41) is 12.3. The molecule has 0 aromatic heterocycles. The standard InChI is InChI=1S/C11H25NO2S/c1-11(10-13,12-2)6-4-8-15-9-5-7-14-3/h12-13H,4-10H2,1-3H3. The van der Waals surface area contributed by atoms with Gasteiger partial charge in [-0.25, -0.2) is 0 Å². The molecule has 0 saturated heterocycles. The van der Waals surface area contributed by atoms with Crippen LogP contribution in [0.1, 0.15) is 26.2 Å². The Morgan fingerprint density at radius 1 is 1.33 bits per heavy atom. The van der Waals surface area contributed by atoms with Crippen molar-refractivity contribution in [1.29, 1.82) is 0 Å². The first kappa shape index (κ1) is 15.2. The van der Waals surface area contributed by atoms with E-state index < -0.39 is 0 Å². The number of hydrogen-bond acceptors (Lipinski definition) is 4. The van der Waals surface area contributed by atoms with Gasteiger partial charge >= 0.3 is 0 Å². The van der Waals surface area contributed by atoms with E-state index in [-0.39, 0.29) is 12.1 Å². The Morgan fingerprint density at radius 3 is 2.53 bits per heavy atom. The second-order valence-electron chi connectivity index (χ2n) is 4.03. The summed E-state index contributed by atoms with van der Waals surface area (Å²) < 4.78 is 4.98. The highest BCUT2D eigenvalue weighted by molar-refractivity contribution is 7.99. The Labute approximate surface area is 98.0 Å². The van der Waals surface area contributed by atoms with Crippen molar-refractivity contribution >= 4 is 11.8 Å². The summed E-state index contributed by atoms with van der Waals surface area (Å²) in [7, 11) is 3.65. The third kappa shape index (κ3) is 8.08. The minimum absolute atomic E-state index is 0.104. The maximum absolute atomic E-state index is 9.17. The molecule has 3 nitrogen and oxygen atoms in total. The molecule has 15 heavy (non-hydrogen) atoms. The molecule has 0 aliphatic carbocycles. The summed E-state index contributed by atoms with van der Waals surface area (Å²) in [6.07, 6.45) is 3.30. The third-order valence-corrected chi connectivity index (χ3v) is 3.76. The number of nitrogens with one attached hydrogen (secondary N) is 1. The van der Waals surface area contributed by atoms with Gasteiger partial charge in [-0.3, -0.25) is 0 Å². The lowest BCUT2D eigenvalue weighted by Crippen LogP contribution is -2.43. The van der Waals surface area contributed by atoms with Crippen LogP contribution in [0.3, 0.4) is 0 Å². The van der Waals surface area contributed by atoms with E-state index in [2.05, 4.69) is 12.2 Å². The quantitative estimate of drug-likeness (QED) is 0.563. The number of aliphatic hydroxyl groups excluding tert-OH is 1. The third-order valence-electron chi connectivity index (χ3n) is 2.61. The SMILES string of the molecule is CNC(C)(CO)CCCSCCCOC. The monoisotopic (exact) mass is 235 g/mol. The molecular formula is C11H25NO2S. The van der Waals surface area contributed by atoms with Crippen molar-refractivity contribution in [3.8, 4) is 0 Å². The van der Waals surface area contributed by atoms with Gasteiger partial charge in [0.05, 0.1) is 6.61 Å². The molecule has 1 atom stereocenters.